The summed E-state index contributed by atoms with van der Waals surface area (Å²) in [6, 6.07) is 7.58. The molecule has 26 heavy (non-hydrogen) atoms. The zero-order valence-electron chi connectivity index (χ0n) is 15.7. The molecule has 1 aromatic rings. The summed E-state index contributed by atoms with van der Waals surface area (Å²) in [7, 11) is 1.64. The van der Waals surface area contributed by atoms with Crippen molar-refractivity contribution in [1.82, 2.24) is 16.0 Å². The van der Waals surface area contributed by atoms with Crippen LogP contribution in [0.25, 0.3) is 0 Å². The van der Waals surface area contributed by atoms with Gasteiger partial charge in [0.05, 0.1) is 7.11 Å². The zero-order chi connectivity index (χ0) is 18.6. The second kappa shape index (κ2) is 11.4. The molecule has 6 heteroatoms. The topological polar surface area (TPSA) is 79.5 Å². The molecule has 3 N–H and O–H groups in total. The molecule has 0 bridgehead atoms. The Bertz CT molecular complexity index is 554. The lowest BCUT2D eigenvalue weighted by Gasteiger charge is -2.20. The van der Waals surface area contributed by atoms with Crippen molar-refractivity contribution in [2.24, 2.45) is 5.92 Å². The lowest BCUT2D eigenvalue weighted by atomic mass is 9.87. The largest absolute Gasteiger partial charge is 0.497 e. The van der Waals surface area contributed by atoms with Gasteiger partial charge in [-0.25, -0.2) is 4.79 Å². The zero-order valence-corrected chi connectivity index (χ0v) is 15.7. The number of carbonyl (C=O) groups is 2. The quantitative estimate of drug-likeness (QED) is 0.592. The predicted molar refractivity (Wildman–Crippen MR) is 102 cm³/mol. The number of amides is 3. The summed E-state index contributed by atoms with van der Waals surface area (Å²) in [4.78, 5) is 23.6. The minimum absolute atomic E-state index is 0.0959. The Morgan fingerprint density at radius 1 is 0.962 bits per heavy atom. The first-order valence-electron chi connectivity index (χ1n) is 9.58. The molecule has 1 fully saturated rings. The van der Waals surface area contributed by atoms with Crippen LogP contribution >= 0.6 is 0 Å². The first kappa shape index (κ1) is 20.1. The normalized spacial score (nSPS) is 14.5. The highest BCUT2D eigenvalue weighted by Gasteiger charge is 2.16. The van der Waals surface area contributed by atoms with Crippen LogP contribution in [0.5, 0.6) is 5.75 Å². The van der Waals surface area contributed by atoms with Crippen molar-refractivity contribution in [3.63, 3.8) is 0 Å². The van der Waals surface area contributed by atoms with Crippen molar-refractivity contribution in [2.45, 2.75) is 44.9 Å². The van der Waals surface area contributed by atoms with Crippen LogP contribution in [0.15, 0.2) is 24.3 Å². The first-order chi connectivity index (χ1) is 12.7. The Labute approximate surface area is 156 Å². The molecule has 2 rings (SSSR count). The molecule has 0 unspecified atom stereocenters. The maximum atomic E-state index is 11.9. The van der Waals surface area contributed by atoms with Crippen LogP contribution < -0.4 is 20.7 Å². The van der Waals surface area contributed by atoms with Gasteiger partial charge in [-0.2, -0.15) is 0 Å². The molecule has 0 spiro atoms. The molecule has 0 radical (unpaired) electrons. The fraction of sp³-hybridized carbons (Fsp3) is 0.600. The van der Waals surface area contributed by atoms with Crippen molar-refractivity contribution < 1.29 is 14.3 Å². The van der Waals surface area contributed by atoms with E-state index < -0.39 is 0 Å². The van der Waals surface area contributed by atoms with E-state index in [-0.39, 0.29) is 11.9 Å². The molecule has 6 nitrogen and oxygen atoms in total. The Kier molecular flexibility index (Phi) is 8.79. The number of nitrogens with one attached hydrogen (secondary N) is 3. The molecule has 1 aromatic carbocycles. The number of rotatable bonds is 9. The van der Waals surface area contributed by atoms with Crippen molar-refractivity contribution in [3.05, 3.63) is 29.8 Å². The number of hydrogen-bond donors (Lipinski definition) is 3. The number of benzene rings is 1. The van der Waals surface area contributed by atoms with Crippen LogP contribution in [0.4, 0.5) is 4.79 Å². The van der Waals surface area contributed by atoms with Gasteiger partial charge in [0.2, 0.25) is 5.91 Å². The fourth-order valence-corrected chi connectivity index (χ4v) is 3.28. The van der Waals surface area contributed by atoms with Crippen LogP contribution in [-0.2, 0) is 11.2 Å². The van der Waals surface area contributed by atoms with Gasteiger partial charge < -0.3 is 20.7 Å². The predicted octanol–water partition coefficient (Wildman–Crippen LogP) is 2.62. The summed E-state index contributed by atoms with van der Waals surface area (Å²) in [6.45, 7) is 1.47. The summed E-state index contributed by atoms with van der Waals surface area (Å²) in [5.74, 6) is 1.46. The highest BCUT2D eigenvalue weighted by Crippen LogP contribution is 2.25. The van der Waals surface area contributed by atoms with Gasteiger partial charge in [0.25, 0.3) is 0 Å². The van der Waals surface area contributed by atoms with Crippen molar-refractivity contribution >= 4 is 11.9 Å². The third-order valence-corrected chi connectivity index (χ3v) is 4.79. The van der Waals surface area contributed by atoms with Gasteiger partial charge in [-0.1, -0.05) is 31.4 Å². The molecule has 0 heterocycles. The number of carbonyl (C=O) groups excluding carboxylic acids is 2. The molecule has 0 saturated heterocycles. The van der Waals surface area contributed by atoms with Crippen LogP contribution in [0.1, 0.15) is 44.1 Å². The summed E-state index contributed by atoms with van der Waals surface area (Å²) >= 11 is 0. The summed E-state index contributed by atoms with van der Waals surface area (Å²) in [6.07, 6.45) is 7.51. The van der Waals surface area contributed by atoms with E-state index in [0.29, 0.717) is 32.0 Å². The second-order valence-corrected chi connectivity index (χ2v) is 6.84. The molecular weight excluding hydrogens is 330 g/mol. The van der Waals surface area contributed by atoms with Gasteiger partial charge in [0.1, 0.15) is 5.75 Å². The van der Waals surface area contributed by atoms with Crippen molar-refractivity contribution in [1.29, 1.82) is 0 Å². The molecule has 3 amide bonds. The number of urea groups is 1. The molecule has 0 aliphatic heterocycles. The average molecular weight is 361 g/mol. The van der Waals surface area contributed by atoms with Gasteiger partial charge in [-0.05, 0) is 42.9 Å². The summed E-state index contributed by atoms with van der Waals surface area (Å²) < 4.78 is 5.12. The first-order valence-corrected chi connectivity index (χ1v) is 9.58. The summed E-state index contributed by atoms with van der Waals surface area (Å²) in [5.41, 5.74) is 1.14. The van der Waals surface area contributed by atoms with Crippen molar-refractivity contribution in [3.8, 4) is 5.75 Å². The third-order valence-electron chi connectivity index (χ3n) is 4.79. The van der Waals surface area contributed by atoms with E-state index >= 15 is 0 Å². The standard InChI is InChI=1S/C20H31N3O3/c1-26-18-9-7-16(8-10-18)11-12-22-20(25)23-14-13-21-19(24)15-17-5-3-2-4-6-17/h7-10,17H,2-6,11-15H2,1H3,(H,21,24)(H2,22,23,25). The highest BCUT2D eigenvalue weighted by molar-refractivity contribution is 5.76. The van der Waals surface area contributed by atoms with Crippen LogP contribution in [-0.4, -0.2) is 38.7 Å². The molecular formula is C20H31N3O3. The Morgan fingerprint density at radius 3 is 2.31 bits per heavy atom. The van der Waals surface area contributed by atoms with Gasteiger partial charge in [-0.3, -0.25) is 4.79 Å². The fourth-order valence-electron chi connectivity index (χ4n) is 3.28. The second-order valence-electron chi connectivity index (χ2n) is 6.84. The van der Waals surface area contributed by atoms with Gasteiger partial charge in [0, 0.05) is 26.1 Å². The van der Waals surface area contributed by atoms with E-state index in [4.69, 9.17) is 4.74 Å². The van der Waals surface area contributed by atoms with E-state index in [1.165, 1.54) is 32.1 Å². The van der Waals surface area contributed by atoms with E-state index in [0.717, 1.165) is 17.7 Å². The van der Waals surface area contributed by atoms with Crippen LogP contribution in [0, 0.1) is 5.92 Å². The van der Waals surface area contributed by atoms with E-state index in [9.17, 15) is 9.59 Å². The Morgan fingerprint density at radius 2 is 1.62 bits per heavy atom. The number of ether oxygens (including phenoxy) is 1. The lowest BCUT2D eigenvalue weighted by Crippen LogP contribution is -2.41. The Hall–Kier alpha value is -2.24. The van der Waals surface area contributed by atoms with Gasteiger partial charge >= 0.3 is 6.03 Å². The van der Waals surface area contributed by atoms with E-state index in [1.807, 2.05) is 24.3 Å². The highest BCUT2D eigenvalue weighted by atomic mass is 16.5. The molecule has 1 aliphatic carbocycles. The third kappa shape index (κ3) is 7.76. The molecule has 0 aromatic heterocycles. The number of hydrogen-bond acceptors (Lipinski definition) is 3. The minimum atomic E-state index is -0.208. The van der Waals surface area contributed by atoms with E-state index in [2.05, 4.69) is 16.0 Å². The molecule has 1 saturated carbocycles. The SMILES string of the molecule is COc1ccc(CCNC(=O)NCCNC(=O)CC2CCCCC2)cc1. The number of methoxy groups -OCH3 is 1. The lowest BCUT2D eigenvalue weighted by molar-refractivity contribution is -0.122. The average Bonchev–Trinajstić information content (AvgIpc) is 2.66. The minimum Gasteiger partial charge on any atom is -0.497 e. The molecule has 144 valence electrons. The molecule has 0 atom stereocenters. The maximum Gasteiger partial charge on any atom is 0.314 e. The monoisotopic (exact) mass is 361 g/mol. The van der Waals surface area contributed by atoms with Gasteiger partial charge in [-0.15, -0.1) is 0 Å². The van der Waals surface area contributed by atoms with E-state index in [1.54, 1.807) is 7.11 Å². The van der Waals surface area contributed by atoms with Crippen molar-refractivity contribution in [2.75, 3.05) is 26.7 Å². The van der Waals surface area contributed by atoms with Crippen LogP contribution in [0.3, 0.4) is 0 Å². The summed E-state index contributed by atoms with van der Waals surface area (Å²) in [5, 5.41) is 8.47. The van der Waals surface area contributed by atoms with Gasteiger partial charge in [0.15, 0.2) is 0 Å². The van der Waals surface area contributed by atoms with Crippen LogP contribution in [0.2, 0.25) is 0 Å². The maximum absolute atomic E-state index is 11.9. The Balaban J connectivity index is 1.49. The molecule has 1 aliphatic rings. The smallest absolute Gasteiger partial charge is 0.314 e.